The van der Waals surface area contributed by atoms with Crippen LogP contribution in [0.5, 0.6) is 0 Å². The molecule has 1 aliphatic rings. The van der Waals surface area contributed by atoms with Crippen LogP contribution in [0.25, 0.3) is 0 Å². The molecule has 16 heavy (non-hydrogen) atoms. The van der Waals surface area contributed by atoms with Crippen LogP contribution in [0.1, 0.15) is 25.7 Å². The lowest BCUT2D eigenvalue weighted by molar-refractivity contribution is -0.153. The fraction of sp³-hybridized carbons (Fsp3) is 0.545. The Kier molecular flexibility index (Phi) is 2.98. The Balaban J connectivity index is 2.13. The van der Waals surface area contributed by atoms with E-state index in [-0.39, 0.29) is 18.2 Å². The molecule has 4 unspecified atom stereocenters. The minimum absolute atomic E-state index is 0.0940. The third-order valence-corrected chi connectivity index (χ3v) is 2.82. The molecule has 2 N–H and O–H groups in total. The summed E-state index contributed by atoms with van der Waals surface area (Å²) in [6.07, 6.45) is 0.962. The number of ether oxygens (including phenoxy) is 1. The molecule has 0 aliphatic carbocycles. The van der Waals surface area contributed by atoms with Crippen LogP contribution in [-0.4, -0.2) is 29.3 Å². The molecule has 1 aromatic heterocycles. The topological polar surface area (TPSA) is 71.7 Å². The van der Waals surface area contributed by atoms with Crippen molar-refractivity contribution in [2.75, 3.05) is 0 Å². The van der Waals surface area contributed by atoms with Gasteiger partial charge in [0.1, 0.15) is 17.9 Å². The van der Waals surface area contributed by atoms with E-state index < -0.39 is 12.0 Å². The highest BCUT2D eigenvalue weighted by atomic mass is 16.5. The lowest BCUT2D eigenvalue weighted by atomic mass is 10.0. The van der Waals surface area contributed by atoms with Crippen molar-refractivity contribution in [2.45, 2.75) is 38.1 Å². The molecule has 0 aromatic carbocycles. The van der Waals surface area contributed by atoms with Crippen molar-refractivity contribution in [3.8, 4) is 0 Å². The van der Waals surface area contributed by atoms with Crippen molar-refractivity contribution in [3.05, 3.63) is 24.2 Å². The van der Waals surface area contributed by atoms with E-state index >= 15 is 0 Å². The first-order valence-corrected chi connectivity index (χ1v) is 5.27. The van der Waals surface area contributed by atoms with Crippen LogP contribution in [-0.2, 0) is 9.53 Å². The maximum absolute atomic E-state index is 10.9. The van der Waals surface area contributed by atoms with E-state index in [1.54, 1.807) is 19.3 Å². The Morgan fingerprint density at radius 2 is 2.25 bits per heavy atom. The van der Waals surface area contributed by atoms with Crippen molar-refractivity contribution in [2.24, 2.45) is 0 Å². The van der Waals surface area contributed by atoms with Crippen LogP contribution in [0, 0.1) is 0 Å². The maximum Gasteiger partial charge on any atom is 0.323 e. The average Bonchev–Trinajstić information content (AvgIpc) is 2.73. The fourth-order valence-corrected chi connectivity index (χ4v) is 1.97. The number of nitrogens with one attached hydrogen (secondary N) is 1. The van der Waals surface area contributed by atoms with Gasteiger partial charge in [0.15, 0.2) is 0 Å². The Bertz CT molecular complexity index is 362. The normalized spacial score (nSPS) is 34.9. The monoisotopic (exact) mass is 225 g/mol. The molecule has 1 fully saturated rings. The summed E-state index contributed by atoms with van der Waals surface area (Å²) in [5.41, 5.74) is 0. The fourth-order valence-electron chi connectivity index (χ4n) is 1.97. The second-order valence-corrected chi connectivity index (χ2v) is 4.05. The number of rotatable bonds is 2. The highest BCUT2D eigenvalue weighted by Gasteiger charge is 2.38. The number of aliphatic carboxylic acids is 1. The van der Waals surface area contributed by atoms with Gasteiger partial charge in [0, 0.05) is 6.04 Å². The molecule has 1 aliphatic heterocycles. The van der Waals surface area contributed by atoms with E-state index in [2.05, 4.69) is 5.32 Å². The van der Waals surface area contributed by atoms with Gasteiger partial charge in [-0.2, -0.15) is 0 Å². The van der Waals surface area contributed by atoms with Crippen LogP contribution < -0.4 is 5.32 Å². The number of carboxylic acids is 1. The van der Waals surface area contributed by atoms with E-state index in [0.717, 1.165) is 5.76 Å². The van der Waals surface area contributed by atoms with Gasteiger partial charge >= 0.3 is 5.97 Å². The van der Waals surface area contributed by atoms with Crippen LogP contribution in [0.4, 0.5) is 0 Å². The quantitative estimate of drug-likeness (QED) is 0.790. The highest BCUT2D eigenvalue weighted by Crippen LogP contribution is 2.28. The summed E-state index contributed by atoms with van der Waals surface area (Å²) in [6, 6.07) is 2.86. The van der Waals surface area contributed by atoms with Gasteiger partial charge in [-0.3, -0.25) is 10.1 Å². The molecule has 1 aromatic rings. The molecular weight excluding hydrogens is 210 g/mol. The van der Waals surface area contributed by atoms with Gasteiger partial charge in [0.25, 0.3) is 0 Å². The first kappa shape index (κ1) is 11.2. The van der Waals surface area contributed by atoms with Crippen molar-refractivity contribution in [1.82, 2.24) is 5.32 Å². The molecule has 0 saturated carbocycles. The lowest BCUT2D eigenvalue weighted by Gasteiger charge is -2.37. The minimum Gasteiger partial charge on any atom is -0.480 e. The largest absolute Gasteiger partial charge is 0.480 e. The maximum atomic E-state index is 10.9. The van der Waals surface area contributed by atoms with Crippen molar-refractivity contribution in [1.29, 1.82) is 0 Å². The zero-order valence-corrected chi connectivity index (χ0v) is 9.21. The molecule has 88 valence electrons. The number of hydrogen-bond donors (Lipinski definition) is 2. The van der Waals surface area contributed by atoms with Gasteiger partial charge in [-0.15, -0.1) is 0 Å². The molecule has 1 saturated heterocycles. The Hall–Kier alpha value is -1.33. The number of morpholine rings is 1. The highest BCUT2D eigenvalue weighted by molar-refractivity contribution is 5.74. The summed E-state index contributed by atoms with van der Waals surface area (Å²) in [4.78, 5) is 10.9. The molecule has 5 heteroatoms. The molecular formula is C11H15NO4. The number of furan rings is 1. The van der Waals surface area contributed by atoms with Crippen molar-refractivity contribution in [3.63, 3.8) is 0 Å². The lowest BCUT2D eigenvalue weighted by Crippen LogP contribution is -2.56. The summed E-state index contributed by atoms with van der Waals surface area (Å²) >= 11 is 0. The third-order valence-electron chi connectivity index (χ3n) is 2.82. The van der Waals surface area contributed by atoms with E-state index in [0.29, 0.717) is 0 Å². The number of hydrogen-bond acceptors (Lipinski definition) is 4. The number of carboxylic acid groups (broad SMARTS) is 1. The van der Waals surface area contributed by atoms with Crippen molar-refractivity contribution < 1.29 is 19.1 Å². The predicted molar refractivity (Wildman–Crippen MR) is 56.0 cm³/mol. The minimum atomic E-state index is -0.891. The zero-order valence-electron chi connectivity index (χ0n) is 9.21. The SMILES string of the molecule is CC1NC(C(=O)O)C(C)OC1c1ccco1. The standard InChI is InChI=1S/C11H15NO4/c1-6-10(8-4-3-5-15-8)16-7(2)9(12-6)11(13)14/h3-7,9-10,12H,1-2H3,(H,13,14). The third kappa shape index (κ3) is 1.96. The zero-order chi connectivity index (χ0) is 11.7. The molecule has 0 amide bonds. The molecule has 0 bridgehead atoms. The summed E-state index contributed by atoms with van der Waals surface area (Å²) in [5.74, 6) is -0.173. The van der Waals surface area contributed by atoms with E-state index in [9.17, 15) is 4.79 Å². The average molecular weight is 225 g/mol. The van der Waals surface area contributed by atoms with Crippen LogP contribution >= 0.6 is 0 Å². The van der Waals surface area contributed by atoms with Gasteiger partial charge < -0.3 is 14.3 Å². The summed E-state index contributed by atoms with van der Waals surface area (Å²) in [6.45, 7) is 3.63. The summed E-state index contributed by atoms with van der Waals surface area (Å²) in [7, 11) is 0. The molecule has 0 spiro atoms. The molecule has 2 rings (SSSR count). The Morgan fingerprint density at radius 3 is 2.81 bits per heavy atom. The van der Waals surface area contributed by atoms with E-state index in [1.165, 1.54) is 0 Å². The summed E-state index contributed by atoms with van der Waals surface area (Å²) in [5, 5.41) is 12.0. The van der Waals surface area contributed by atoms with Gasteiger partial charge in [0.05, 0.1) is 12.4 Å². The van der Waals surface area contributed by atoms with Gasteiger partial charge in [-0.05, 0) is 26.0 Å². The van der Waals surface area contributed by atoms with Crippen molar-refractivity contribution >= 4 is 5.97 Å². The predicted octanol–water partition coefficient (Wildman–Crippen LogP) is 1.17. The van der Waals surface area contributed by atoms with E-state index in [4.69, 9.17) is 14.3 Å². The Morgan fingerprint density at radius 1 is 1.50 bits per heavy atom. The molecule has 2 heterocycles. The Labute approximate surface area is 93.4 Å². The second-order valence-electron chi connectivity index (χ2n) is 4.05. The first-order chi connectivity index (χ1) is 7.59. The van der Waals surface area contributed by atoms with Crippen LogP contribution in [0.2, 0.25) is 0 Å². The van der Waals surface area contributed by atoms with Gasteiger partial charge in [-0.1, -0.05) is 0 Å². The van der Waals surface area contributed by atoms with Crippen LogP contribution in [0.15, 0.2) is 22.8 Å². The number of carbonyl (C=O) groups is 1. The molecule has 5 nitrogen and oxygen atoms in total. The summed E-state index contributed by atoms with van der Waals surface area (Å²) < 4.78 is 11.0. The molecule has 0 radical (unpaired) electrons. The molecule has 4 atom stereocenters. The van der Waals surface area contributed by atoms with Gasteiger partial charge in [0.2, 0.25) is 0 Å². The second kappa shape index (κ2) is 4.27. The van der Waals surface area contributed by atoms with Gasteiger partial charge in [-0.25, -0.2) is 0 Å². The van der Waals surface area contributed by atoms with E-state index in [1.807, 2.05) is 13.0 Å². The first-order valence-electron chi connectivity index (χ1n) is 5.27. The smallest absolute Gasteiger partial charge is 0.323 e. The van der Waals surface area contributed by atoms with Crippen LogP contribution in [0.3, 0.4) is 0 Å².